The van der Waals surface area contributed by atoms with Gasteiger partial charge in [-0.1, -0.05) is 0 Å². The van der Waals surface area contributed by atoms with Gasteiger partial charge in [-0.2, -0.15) is 0 Å². The predicted molar refractivity (Wildman–Crippen MR) is 50.1 cm³/mol. The van der Waals surface area contributed by atoms with Crippen LogP contribution in [0.2, 0.25) is 0 Å². The van der Waals surface area contributed by atoms with E-state index < -0.39 is 0 Å². The molecule has 0 aliphatic heterocycles. The molecule has 2 aromatic heterocycles. The summed E-state index contributed by atoms with van der Waals surface area (Å²) < 4.78 is 0. The fourth-order valence-corrected chi connectivity index (χ4v) is 1.11. The summed E-state index contributed by atoms with van der Waals surface area (Å²) in [6.45, 7) is 0. The monoisotopic (exact) mass is 187 g/mol. The van der Waals surface area contributed by atoms with E-state index in [1.807, 2.05) is 0 Å². The van der Waals surface area contributed by atoms with Crippen LogP contribution in [0.4, 0.5) is 0 Å². The van der Waals surface area contributed by atoms with Crippen LogP contribution in [-0.4, -0.2) is 19.9 Å². The van der Waals surface area contributed by atoms with E-state index in [4.69, 9.17) is 5.73 Å². The second-order valence-corrected chi connectivity index (χ2v) is 2.74. The topological polar surface area (TPSA) is 77.6 Å². The molecule has 1 atom stereocenters. The molecule has 2 aromatic rings. The van der Waals surface area contributed by atoms with Crippen LogP contribution in [0.15, 0.2) is 37.2 Å². The van der Waals surface area contributed by atoms with Crippen molar-refractivity contribution in [3.8, 4) is 0 Å². The van der Waals surface area contributed by atoms with Crippen molar-refractivity contribution in [3.05, 3.63) is 48.6 Å². The Bertz CT molecular complexity index is 349. The van der Waals surface area contributed by atoms with Crippen LogP contribution in [0.25, 0.3) is 0 Å². The van der Waals surface area contributed by atoms with Crippen molar-refractivity contribution in [2.75, 3.05) is 0 Å². The molecule has 0 fully saturated rings. The van der Waals surface area contributed by atoms with Gasteiger partial charge in [-0.15, -0.1) is 0 Å². The Morgan fingerprint density at radius 1 is 1.00 bits per heavy atom. The minimum atomic E-state index is -0.341. The van der Waals surface area contributed by atoms with Gasteiger partial charge in [-0.3, -0.25) is 9.97 Å². The lowest BCUT2D eigenvalue weighted by Gasteiger charge is -2.08. The molecule has 5 heteroatoms. The second-order valence-electron chi connectivity index (χ2n) is 2.74. The van der Waals surface area contributed by atoms with E-state index in [0.717, 1.165) is 5.69 Å². The number of nitrogens with two attached hydrogens (primary N) is 1. The van der Waals surface area contributed by atoms with Crippen LogP contribution >= 0.6 is 0 Å². The summed E-state index contributed by atoms with van der Waals surface area (Å²) in [5, 5.41) is 0. The van der Waals surface area contributed by atoms with Crippen molar-refractivity contribution in [1.82, 2.24) is 19.9 Å². The number of nitrogens with zero attached hydrogens (tertiary/aromatic N) is 4. The normalized spacial score (nSPS) is 12.4. The van der Waals surface area contributed by atoms with Gasteiger partial charge in [0.05, 0.1) is 23.6 Å². The van der Waals surface area contributed by atoms with E-state index in [-0.39, 0.29) is 6.04 Å². The lowest BCUT2D eigenvalue weighted by atomic mass is 10.1. The highest BCUT2D eigenvalue weighted by Gasteiger charge is 2.10. The Morgan fingerprint density at radius 2 is 1.93 bits per heavy atom. The van der Waals surface area contributed by atoms with Crippen molar-refractivity contribution < 1.29 is 0 Å². The molecule has 1 unspecified atom stereocenters. The standard InChI is InChI=1S/C9H9N5/c10-9(7-1-2-12-6-14-7)8-5-11-3-4-13-8/h1-6,9H,10H2. The molecule has 2 heterocycles. The number of hydrogen-bond donors (Lipinski definition) is 1. The summed E-state index contributed by atoms with van der Waals surface area (Å²) in [6, 6.07) is 1.42. The maximum absolute atomic E-state index is 5.92. The first kappa shape index (κ1) is 8.71. The molecule has 0 aliphatic rings. The molecule has 0 radical (unpaired) electrons. The van der Waals surface area contributed by atoms with Crippen molar-refractivity contribution in [2.45, 2.75) is 6.04 Å². The van der Waals surface area contributed by atoms with Gasteiger partial charge in [-0.05, 0) is 6.07 Å². The van der Waals surface area contributed by atoms with Crippen LogP contribution in [0.1, 0.15) is 17.4 Å². The summed E-state index contributed by atoms with van der Waals surface area (Å²) in [6.07, 6.45) is 7.96. The highest BCUT2D eigenvalue weighted by atomic mass is 14.9. The molecule has 70 valence electrons. The Hall–Kier alpha value is -1.88. The minimum Gasteiger partial charge on any atom is -0.318 e. The molecule has 0 bridgehead atoms. The average Bonchev–Trinajstić information content (AvgIpc) is 2.30. The first-order valence-corrected chi connectivity index (χ1v) is 4.15. The molecular weight excluding hydrogens is 178 g/mol. The highest BCUT2D eigenvalue weighted by molar-refractivity contribution is 5.16. The summed E-state index contributed by atoms with van der Waals surface area (Å²) in [4.78, 5) is 15.9. The average molecular weight is 187 g/mol. The molecule has 0 spiro atoms. The van der Waals surface area contributed by atoms with E-state index >= 15 is 0 Å². The van der Waals surface area contributed by atoms with Gasteiger partial charge in [0.25, 0.3) is 0 Å². The maximum atomic E-state index is 5.92. The third-order valence-corrected chi connectivity index (χ3v) is 1.83. The van der Waals surface area contributed by atoms with Gasteiger partial charge in [0, 0.05) is 18.6 Å². The van der Waals surface area contributed by atoms with E-state index in [1.54, 1.807) is 30.9 Å². The number of aromatic nitrogens is 4. The van der Waals surface area contributed by atoms with Gasteiger partial charge < -0.3 is 5.73 Å². The summed E-state index contributed by atoms with van der Waals surface area (Å²) in [7, 11) is 0. The largest absolute Gasteiger partial charge is 0.318 e. The molecule has 0 saturated heterocycles. The fourth-order valence-electron chi connectivity index (χ4n) is 1.11. The van der Waals surface area contributed by atoms with Crippen LogP contribution in [0.3, 0.4) is 0 Å². The maximum Gasteiger partial charge on any atom is 0.115 e. The van der Waals surface area contributed by atoms with Gasteiger partial charge in [-0.25, -0.2) is 9.97 Å². The Balaban J connectivity index is 2.30. The predicted octanol–water partition coefficient (Wildman–Crippen LogP) is 0.315. The number of hydrogen-bond acceptors (Lipinski definition) is 5. The van der Waals surface area contributed by atoms with Crippen LogP contribution in [0.5, 0.6) is 0 Å². The third kappa shape index (κ3) is 1.72. The van der Waals surface area contributed by atoms with Crippen LogP contribution in [-0.2, 0) is 0 Å². The van der Waals surface area contributed by atoms with E-state index in [9.17, 15) is 0 Å². The summed E-state index contributed by atoms with van der Waals surface area (Å²) in [5.74, 6) is 0. The molecule has 0 aliphatic carbocycles. The van der Waals surface area contributed by atoms with Gasteiger partial charge in [0.2, 0.25) is 0 Å². The highest BCUT2D eigenvalue weighted by Crippen LogP contribution is 2.12. The molecule has 0 aromatic carbocycles. The van der Waals surface area contributed by atoms with Gasteiger partial charge >= 0.3 is 0 Å². The van der Waals surface area contributed by atoms with Crippen molar-refractivity contribution in [2.24, 2.45) is 5.73 Å². The molecule has 0 amide bonds. The second kappa shape index (κ2) is 3.89. The smallest absolute Gasteiger partial charge is 0.115 e. The Kier molecular flexibility index (Phi) is 2.42. The molecule has 14 heavy (non-hydrogen) atoms. The fraction of sp³-hybridized carbons (Fsp3) is 0.111. The molecule has 2 N–H and O–H groups in total. The van der Waals surface area contributed by atoms with Crippen molar-refractivity contribution in [1.29, 1.82) is 0 Å². The molecule has 5 nitrogen and oxygen atoms in total. The lowest BCUT2D eigenvalue weighted by Crippen LogP contribution is -2.15. The summed E-state index contributed by atoms with van der Waals surface area (Å²) in [5.41, 5.74) is 7.36. The Labute approximate surface area is 81.1 Å². The molecule has 2 rings (SSSR count). The van der Waals surface area contributed by atoms with Crippen molar-refractivity contribution >= 4 is 0 Å². The van der Waals surface area contributed by atoms with Crippen LogP contribution < -0.4 is 5.73 Å². The Morgan fingerprint density at radius 3 is 2.57 bits per heavy atom. The zero-order valence-electron chi connectivity index (χ0n) is 7.41. The van der Waals surface area contributed by atoms with Gasteiger partial charge in [0.1, 0.15) is 6.33 Å². The molecular formula is C9H9N5. The third-order valence-electron chi connectivity index (χ3n) is 1.83. The number of rotatable bonds is 2. The quantitative estimate of drug-likeness (QED) is 0.732. The first-order chi connectivity index (χ1) is 6.88. The van der Waals surface area contributed by atoms with E-state index in [2.05, 4.69) is 19.9 Å². The SMILES string of the molecule is NC(c1ccncn1)c1cnccn1. The van der Waals surface area contributed by atoms with E-state index in [0.29, 0.717) is 5.69 Å². The zero-order valence-corrected chi connectivity index (χ0v) is 7.41. The van der Waals surface area contributed by atoms with E-state index in [1.165, 1.54) is 6.33 Å². The first-order valence-electron chi connectivity index (χ1n) is 4.15. The summed E-state index contributed by atoms with van der Waals surface area (Å²) >= 11 is 0. The minimum absolute atomic E-state index is 0.341. The van der Waals surface area contributed by atoms with Gasteiger partial charge in [0.15, 0.2) is 0 Å². The van der Waals surface area contributed by atoms with Crippen molar-refractivity contribution in [3.63, 3.8) is 0 Å². The zero-order chi connectivity index (χ0) is 9.80. The lowest BCUT2D eigenvalue weighted by molar-refractivity contribution is 0.779. The molecule has 0 saturated carbocycles. The van der Waals surface area contributed by atoms with Crippen LogP contribution in [0, 0.1) is 0 Å².